The molecular formula is C12H18N2O3. The van der Waals surface area contributed by atoms with E-state index in [9.17, 15) is 4.79 Å². The van der Waals surface area contributed by atoms with E-state index >= 15 is 0 Å². The molecule has 3 aliphatic heterocycles. The number of rotatable bonds is 1. The maximum absolute atomic E-state index is 11.6. The molecule has 2 fully saturated rings. The summed E-state index contributed by atoms with van der Waals surface area (Å²) in [4.78, 5) is 16.8. The number of piperidine rings is 1. The molecule has 3 rings (SSSR count). The van der Waals surface area contributed by atoms with Gasteiger partial charge in [0.25, 0.3) is 0 Å². The smallest absolute Gasteiger partial charge is 0.410 e. The number of carbonyl (C=O) groups excluding carboxylic acids is 1. The highest BCUT2D eigenvalue weighted by Crippen LogP contribution is 2.13. The van der Waals surface area contributed by atoms with Crippen molar-refractivity contribution in [3.8, 4) is 0 Å². The molecule has 1 atom stereocenters. The second kappa shape index (κ2) is 6.42. The largest absolute Gasteiger partial charge is 0.444 e. The van der Waals surface area contributed by atoms with Crippen LogP contribution in [0.25, 0.3) is 0 Å². The van der Waals surface area contributed by atoms with Gasteiger partial charge in [-0.2, -0.15) is 0 Å². The molecule has 0 N–H and O–H groups in total. The molecular weight excluding hydrogens is 220 g/mol. The fraction of sp³-hybridized carbons (Fsp3) is 0.750. The number of hydrogen-bond acceptors (Lipinski definition) is 4. The Morgan fingerprint density at radius 2 is 2.12 bits per heavy atom. The molecule has 0 aromatic heterocycles. The van der Waals surface area contributed by atoms with E-state index in [0.717, 1.165) is 39.0 Å². The highest BCUT2D eigenvalue weighted by Gasteiger charge is 2.24. The summed E-state index contributed by atoms with van der Waals surface area (Å²) in [6.45, 7) is 3.00. The first-order chi connectivity index (χ1) is 8.36. The summed E-state index contributed by atoms with van der Waals surface area (Å²) in [7, 11) is 0. The third-order valence-electron chi connectivity index (χ3n) is 2.90. The molecule has 1 unspecified atom stereocenters. The minimum absolute atomic E-state index is 0.00979. The summed E-state index contributed by atoms with van der Waals surface area (Å²) in [6, 6.07) is 0. The molecule has 1 amide bonds. The van der Waals surface area contributed by atoms with Gasteiger partial charge in [0.15, 0.2) is 0 Å². The number of carbonyl (C=O) groups is 1. The third-order valence-corrected chi connectivity index (χ3v) is 2.90. The van der Waals surface area contributed by atoms with Crippen LogP contribution in [0.2, 0.25) is 0 Å². The van der Waals surface area contributed by atoms with Gasteiger partial charge in [0.05, 0.1) is 19.4 Å². The zero-order valence-electron chi connectivity index (χ0n) is 9.93. The third kappa shape index (κ3) is 4.59. The zero-order valence-corrected chi connectivity index (χ0v) is 9.93. The Bertz CT molecular complexity index is 306. The van der Waals surface area contributed by atoms with Crippen LogP contribution >= 0.6 is 0 Å². The SMILES string of the molecule is C1=CN=1.O=C(OC1CCOC1)N1CCCCC1. The van der Waals surface area contributed by atoms with E-state index in [1.165, 1.54) is 6.42 Å². The van der Waals surface area contributed by atoms with E-state index in [0.29, 0.717) is 6.61 Å². The molecule has 94 valence electrons. The van der Waals surface area contributed by atoms with Crippen molar-refractivity contribution in [2.45, 2.75) is 31.8 Å². The second-order valence-electron chi connectivity index (χ2n) is 4.30. The van der Waals surface area contributed by atoms with E-state index in [2.05, 4.69) is 10.9 Å². The number of likely N-dealkylation sites (tertiary alicyclic amines) is 1. The molecule has 0 aliphatic carbocycles. The summed E-state index contributed by atoms with van der Waals surface area (Å²) in [5, 5.41) is 0. The van der Waals surface area contributed by atoms with E-state index in [4.69, 9.17) is 9.47 Å². The van der Waals surface area contributed by atoms with Crippen molar-refractivity contribution in [3.63, 3.8) is 0 Å². The Hall–Kier alpha value is -1.32. The van der Waals surface area contributed by atoms with Crippen LogP contribution in [0.3, 0.4) is 0 Å². The van der Waals surface area contributed by atoms with Gasteiger partial charge >= 0.3 is 6.09 Å². The van der Waals surface area contributed by atoms with Gasteiger partial charge in [-0.1, -0.05) is 0 Å². The Morgan fingerprint density at radius 1 is 1.41 bits per heavy atom. The predicted molar refractivity (Wildman–Crippen MR) is 63.1 cm³/mol. The van der Waals surface area contributed by atoms with Gasteiger partial charge in [-0.25, -0.2) is 9.79 Å². The lowest BCUT2D eigenvalue weighted by Crippen LogP contribution is -2.38. The first kappa shape index (κ1) is 12.1. The Labute approximate surface area is 101 Å². The van der Waals surface area contributed by atoms with Crippen molar-refractivity contribution < 1.29 is 14.3 Å². The minimum atomic E-state index is -0.153. The first-order valence-electron chi connectivity index (χ1n) is 6.16. The van der Waals surface area contributed by atoms with Crippen LogP contribution in [0.15, 0.2) is 11.2 Å². The number of nitrogens with zero attached hydrogens (tertiary/aromatic N) is 2. The topological polar surface area (TPSA) is 51.1 Å². The van der Waals surface area contributed by atoms with Gasteiger partial charge in [0.2, 0.25) is 0 Å². The van der Waals surface area contributed by atoms with Crippen molar-refractivity contribution >= 4 is 12.0 Å². The van der Waals surface area contributed by atoms with E-state index in [1.807, 2.05) is 4.90 Å². The lowest BCUT2D eigenvalue weighted by molar-refractivity contribution is 0.0504. The highest BCUT2D eigenvalue weighted by atomic mass is 16.6. The van der Waals surface area contributed by atoms with Gasteiger partial charge in [-0.15, -0.1) is 0 Å². The zero-order chi connectivity index (χ0) is 11.9. The average molecular weight is 238 g/mol. The standard InChI is InChI=1S/C10H17NO3.C2HN/c12-10(11-5-2-1-3-6-11)14-9-4-7-13-8-9;1-2-3-1/h9H,1-8H2;1H. The monoisotopic (exact) mass is 238 g/mol. The molecule has 17 heavy (non-hydrogen) atoms. The van der Waals surface area contributed by atoms with Gasteiger partial charge < -0.3 is 14.4 Å². The molecule has 3 aliphatic rings. The van der Waals surface area contributed by atoms with Crippen molar-refractivity contribution in [3.05, 3.63) is 6.20 Å². The molecule has 0 aromatic rings. The molecule has 2 saturated heterocycles. The Kier molecular flexibility index (Phi) is 4.59. The van der Waals surface area contributed by atoms with E-state index in [1.54, 1.807) is 6.20 Å². The molecule has 3 heterocycles. The van der Waals surface area contributed by atoms with Gasteiger partial charge in [0.1, 0.15) is 6.10 Å². The second-order valence-corrected chi connectivity index (χ2v) is 4.30. The number of aliphatic imine (C=N–C) groups is 1. The van der Waals surface area contributed by atoms with Crippen LogP contribution in [-0.2, 0) is 9.47 Å². The molecule has 0 bridgehead atoms. The molecule has 0 saturated carbocycles. The number of amides is 1. The minimum Gasteiger partial charge on any atom is -0.444 e. The Morgan fingerprint density at radius 3 is 2.65 bits per heavy atom. The van der Waals surface area contributed by atoms with Crippen molar-refractivity contribution in [1.29, 1.82) is 0 Å². The summed E-state index contributed by atoms with van der Waals surface area (Å²) < 4.78 is 10.5. The van der Waals surface area contributed by atoms with Crippen LogP contribution in [0.1, 0.15) is 25.7 Å². The maximum Gasteiger partial charge on any atom is 0.410 e. The quantitative estimate of drug-likeness (QED) is 0.697. The van der Waals surface area contributed by atoms with E-state index < -0.39 is 0 Å². The van der Waals surface area contributed by atoms with Gasteiger partial charge in [-0.3, -0.25) is 0 Å². The Balaban J connectivity index is 0.000000313. The van der Waals surface area contributed by atoms with Crippen LogP contribution in [-0.4, -0.2) is 49.3 Å². The maximum atomic E-state index is 11.6. The van der Waals surface area contributed by atoms with Gasteiger partial charge in [-0.05, 0) is 19.3 Å². The van der Waals surface area contributed by atoms with Crippen molar-refractivity contribution in [1.82, 2.24) is 4.90 Å². The van der Waals surface area contributed by atoms with Crippen LogP contribution in [0.4, 0.5) is 4.79 Å². The van der Waals surface area contributed by atoms with Crippen molar-refractivity contribution in [2.75, 3.05) is 26.3 Å². The summed E-state index contributed by atoms with van der Waals surface area (Å²) >= 11 is 0. The average Bonchev–Trinajstić information content (AvgIpc) is 3.18. The van der Waals surface area contributed by atoms with Crippen LogP contribution in [0, 0.1) is 0 Å². The normalized spacial score (nSPS) is 25.2. The van der Waals surface area contributed by atoms with Crippen LogP contribution in [0.5, 0.6) is 0 Å². The lowest BCUT2D eigenvalue weighted by Gasteiger charge is -2.26. The lowest BCUT2D eigenvalue weighted by atomic mass is 10.1. The molecule has 5 nitrogen and oxygen atoms in total. The fourth-order valence-corrected chi connectivity index (χ4v) is 1.90. The number of hydrogen-bond donors (Lipinski definition) is 0. The van der Waals surface area contributed by atoms with Crippen LogP contribution < -0.4 is 0 Å². The molecule has 0 radical (unpaired) electrons. The van der Waals surface area contributed by atoms with E-state index in [-0.39, 0.29) is 12.2 Å². The predicted octanol–water partition coefficient (Wildman–Crippen LogP) is 1.58. The fourth-order valence-electron chi connectivity index (χ4n) is 1.90. The summed E-state index contributed by atoms with van der Waals surface area (Å²) in [5.41, 5.74) is 0. The number of ether oxygens (including phenoxy) is 2. The van der Waals surface area contributed by atoms with Gasteiger partial charge in [0, 0.05) is 25.4 Å². The molecule has 0 aromatic carbocycles. The summed E-state index contributed by atoms with van der Waals surface area (Å²) in [5.74, 6) is 2.50. The highest BCUT2D eigenvalue weighted by molar-refractivity contribution is 5.67. The van der Waals surface area contributed by atoms with Crippen molar-refractivity contribution in [2.24, 2.45) is 4.99 Å². The summed E-state index contributed by atoms with van der Waals surface area (Å²) in [6.07, 6.45) is 5.76. The first-order valence-corrected chi connectivity index (χ1v) is 6.16. The molecule has 0 spiro atoms. The molecule has 5 heteroatoms.